The van der Waals surface area contributed by atoms with Crippen LogP contribution in [0.5, 0.6) is 0 Å². The fourth-order valence-electron chi connectivity index (χ4n) is 1.23. The van der Waals surface area contributed by atoms with E-state index in [1.165, 1.54) is 6.07 Å². The Hall–Kier alpha value is -1.63. The van der Waals surface area contributed by atoms with Gasteiger partial charge in [0.1, 0.15) is 5.82 Å². The van der Waals surface area contributed by atoms with Crippen molar-refractivity contribution in [2.45, 2.75) is 0 Å². The van der Waals surface area contributed by atoms with Gasteiger partial charge in [0, 0.05) is 0 Å². The lowest BCUT2D eigenvalue weighted by Gasteiger charge is -1.99. The predicted octanol–water partition coefficient (Wildman–Crippen LogP) is 3.49. The van der Waals surface area contributed by atoms with Gasteiger partial charge in [0.15, 0.2) is 0 Å². The second-order valence-electron chi connectivity index (χ2n) is 2.78. The average molecular weight is 173 g/mol. The molecule has 0 unspecified atom stereocenters. The van der Waals surface area contributed by atoms with Gasteiger partial charge in [-0.15, -0.1) is 0 Å². The highest BCUT2D eigenvalue weighted by atomic mass is 19.1. The van der Waals surface area contributed by atoms with Gasteiger partial charge in [0.2, 0.25) is 0 Å². The first kappa shape index (κ1) is 6.84. The zero-order valence-electron chi connectivity index (χ0n) is 8.00. The fourth-order valence-corrected chi connectivity index (χ4v) is 1.23. The van der Waals surface area contributed by atoms with E-state index in [-0.39, 0.29) is 6.04 Å². The van der Waals surface area contributed by atoms with Crippen molar-refractivity contribution in [2.24, 2.45) is 0 Å². The van der Waals surface area contributed by atoms with E-state index in [0.29, 0.717) is 5.56 Å². The van der Waals surface area contributed by atoms with Crippen LogP contribution in [0.15, 0.2) is 54.6 Å². The summed E-state index contributed by atoms with van der Waals surface area (Å²) in [4.78, 5) is 0. The Bertz CT molecular complexity index is 437. The van der Waals surface area contributed by atoms with E-state index in [2.05, 4.69) is 0 Å². The molecule has 0 aromatic heterocycles. The molecule has 0 N–H and O–H groups in total. The predicted molar refractivity (Wildman–Crippen MR) is 51.8 cm³/mol. The van der Waals surface area contributed by atoms with Crippen LogP contribution in [0.25, 0.3) is 11.1 Å². The number of hydrogen-bond donors (Lipinski definition) is 0. The van der Waals surface area contributed by atoms with Gasteiger partial charge >= 0.3 is 0 Å². The van der Waals surface area contributed by atoms with Crippen LogP contribution in [0, 0.1) is 5.82 Å². The number of rotatable bonds is 1. The van der Waals surface area contributed by atoms with Crippen molar-refractivity contribution in [3.8, 4) is 11.1 Å². The zero-order valence-corrected chi connectivity index (χ0v) is 7.00. The standard InChI is InChI=1S/C12H9F/c13-12-8-4-7-11(9-12)10-5-2-1-3-6-10/h1-9H/i9D. The number of hydrogen-bond acceptors (Lipinski definition) is 0. The van der Waals surface area contributed by atoms with Gasteiger partial charge in [0.05, 0.1) is 1.37 Å². The molecule has 13 heavy (non-hydrogen) atoms. The van der Waals surface area contributed by atoms with Crippen LogP contribution in [0.2, 0.25) is 0 Å². The van der Waals surface area contributed by atoms with Crippen molar-refractivity contribution >= 4 is 0 Å². The Morgan fingerprint density at radius 2 is 1.54 bits per heavy atom. The van der Waals surface area contributed by atoms with Crippen LogP contribution >= 0.6 is 0 Å². The van der Waals surface area contributed by atoms with E-state index in [9.17, 15) is 4.39 Å². The summed E-state index contributed by atoms with van der Waals surface area (Å²) in [6.07, 6.45) is 0. The molecule has 0 bridgehead atoms. The van der Waals surface area contributed by atoms with Crippen LogP contribution < -0.4 is 0 Å². The third kappa shape index (κ3) is 1.75. The summed E-state index contributed by atoms with van der Waals surface area (Å²) < 4.78 is 20.6. The normalized spacial score (nSPS) is 11.0. The third-order valence-corrected chi connectivity index (χ3v) is 1.84. The number of halogens is 1. The van der Waals surface area contributed by atoms with Crippen molar-refractivity contribution in [2.75, 3.05) is 0 Å². The maximum Gasteiger partial charge on any atom is 0.123 e. The van der Waals surface area contributed by atoms with Gasteiger partial charge in [-0.05, 0) is 23.2 Å². The van der Waals surface area contributed by atoms with E-state index in [0.717, 1.165) is 5.56 Å². The fraction of sp³-hybridized carbons (Fsp3) is 0. The maximum absolute atomic E-state index is 13.1. The minimum atomic E-state index is -0.480. The van der Waals surface area contributed by atoms with E-state index in [4.69, 9.17) is 1.37 Å². The highest BCUT2D eigenvalue weighted by molar-refractivity contribution is 5.62. The molecule has 0 heterocycles. The highest BCUT2D eigenvalue weighted by Crippen LogP contribution is 2.18. The zero-order chi connectivity index (χ0) is 9.97. The van der Waals surface area contributed by atoms with Crippen LogP contribution in [-0.4, -0.2) is 0 Å². The molecule has 0 radical (unpaired) electrons. The van der Waals surface area contributed by atoms with Gasteiger partial charge < -0.3 is 0 Å². The Labute approximate surface area is 78.1 Å². The summed E-state index contributed by atoms with van der Waals surface area (Å²) in [6, 6.07) is 14.0. The molecular formula is C12H9F. The van der Waals surface area contributed by atoms with Crippen LogP contribution in [0.1, 0.15) is 1.37 Å². The maximum atomic E-state index is 13.1. The van der Waals surface area contributed by atoms with Gasteiger partial charge in [-0.25, -0.2) is 4.39 Å². The van der Waals surface area contributed by atoms with Crippen LogP contribution in [0.4, 0.5) is 4.39 Å². The summed E-state index contributed by atoms with van der Waals surface area (Å²) in [5.74, 6) is -0.480. The van der Waals surface area contributed by atoms with Crippen molar-refractivity contribution in [3.63, 3.8) is 0 Å². The van der Waals surface area contributed by atoms with Crippen molar-refractivity contribution < 1.29 is 5.76 Å². The molecule has 64 valence electrons. The van der Waals surface area contributed by atoms with Gasteiger partial charge in [-0.2, -0.15) is 0 Å². The molecule has 0 amide bonds. The monoisotopic (exact) mass is 173 g/mol. The molecular weight excluding hydrogens is 163 g/mol. The molecule has 0 saturated heterocycles. The first-order chi connectivity index (χ1) is 6.79. The molecule has 0 atom stereocenters. The van der Waals surface area contributed by atoms with Crippen molar-refractivity contribution in [1.82, 2.24) is 0 Å². The Morgan fingerprint density at radius 3 is 2.31 bits per heavy atom. The molecule has 0 aliphatic heterocycles. The molecule has 2 rings (SSSR count). The van der Waals surface area contributed by atoms with Crippen LogP contribution in [0.3, 0.4) is 0 Å². The SMILES string of the molecule is [2H]c1c(F)cccc1-c1ccccc1. The summed E-state index contributed by atoms with van der Waals surface area (Å²) in [5, 5.41) is 0. The summed E-state index contributed by atoms with van der Waals surface area (Å²) in [5.41, 5.74) is 1.50. The highest BCUT2D eigenvalue weighted by Gasteiger charge is 1.96. The summed E-state index contributed by atoms with van der Waals surface area (Å²) in [6.45, 7) is 0. The van der Waals surface area contributed by atoms with E-state index in [1.807, 2.05) is 30.3 Å². The van der Waals surface area contributed by atoms with Gasteiger partial charge in [-0.3, -0.25) is 0 Å². The minimum absolute atomic E-state index is 0.0429. The molecule has 2 aromatic carbocycles. The molecule has 0 saturated carbocycles. The third-order valence-electron chi connectivity index (χ3n) is 1.84. The largest absolute Gasteiger partial charge is 0.207 e. The van der Waals surface area contributed by atoms with E-state index in [1.54, 1.807) is 12.1 Å². The van der Waals surface area contributed by atoms with Gasteiger partial charge in [0.25, 0.3) is 0 Å². The smallest absolute Gasteiger partial charge is 0.123 e. The summed E-state index contributed by atoms with van der Waals surface area (Å²) >= 11 is 0. The van der Waals surface area contributed by atoms with E-state index < -0.39 is 5.82 Å². The topological polar surface area (TPSA) is 0 Å². The molecule has 0 nitrogen and oxygen atoms in total. The first-order valence-electron chi connectivity index (χ1n) is 4.59. The van der Waals surface area contributed by atoms with Crippen molar-refractivity contribution in [1.29, 1.82) is 0 Å². The lowest BCUT2D eigenvalue weighted by molar-refractivity contribution is 0.628. The van der Waals surface area contributed by atoms with Gasteiger partial charge in [-0.1, -0.05) is 42.5 Å². The second-order valence-corrected chi connectivity index (χ2v) is 2.78. The molecule has 0 aliphatic carbocycles. The second kappa shape index (κ2) is 3.40. The number of benzene rings is 2. The Kier molecular flexibility index (Phi) is 1.79. The summed E-state index contributed by atoms with van der Waals surface area (Å²) in [7, 11) is 0. The minimum Gasteiger partial charge on any atom is -0.207 e. The molecule has 1 heteroatoms. The lowest BCUT2D eigenvalue weighted by Crippen LogP contribution is -1.78. The Balaban J connectivity index is 2.58. The molecule has 0 aliphatic rings. The molecule has 0 spiro atoms. The van der Waals surface area contributed by atoms with E-state index >= 15 is 0 Å². The quantitative estimate of drug-likeness (QED) is 0.619. The Morgan fingerprint density at radius 1 is 0.846 bits per heavy atom. The molecule has 2 aromatic rings. The first-order valence-corrected chi connectivity index (χ1v) is 4.09. The van der Waals surface area contributed by atoms with Crippen molar-refractivity contribution in [3.05, 3.63) is 60.4 Å². The lowest BCUT2D eigenvalue weighted by atomic mass is 10.1. The molecule has 0 fully saturated rings. The average Bonchev–Trinajstić information content (AvgIpc) is 2.23. The van der Waals surface area contributed by atoms with Crippen LogP contribution in [-0.2, 0) is 0 Å².